The first-order valence-electron chi connectivity index (χ1n) is 6.21. The third-order valence-electron chi connectivity index (χ3n) is 3.63. The second-order valence-electron chi connectivity index (χ2n) is 4.86. The van der Waals surface area contributed by atoms with Crippen molar-refractivity contribution in [1.82, 2.24) is 0 Å². The Hall–Kier alpha value is -1.67. The van der Waals surface area contributed by atoms with E-state index in [0.29, 0.717) is 12.0 Å². The third kappa shape index (κ3) is 2.28. The van der Waals surface area contributed by atoms with Crippen molar-refractivity contribution in [2.45, 2.75) is 18.8 Å². The van der Waals surface area contributed by atoms with Gasteiger partial charge in [0.1, 0.15) is 5.82 Å². The summed E-state index contributed by atoms with van der Waals surface area (Å²) in [7, 11) is 0. The van der Waals surface area contributed by atoms with Crippen LogP contribution in [0, 0.1) is 5.82 Å². The van der Waals surface area contributed by atoms with Crippen molar-refractivity contribution in [3.8, 4) is 0 Å². The lowest BCUT2D eigenvalue weighted by molar-refractivity contribution is 0.0970. The van der Waals surface area contributed by atoms with Crippen LogP contribution in [-0.4, -0.2) is 5.78 Å². The topological polar surface area (TPSA) is 17.1 Å². The van der Waals surface area contributed by atoms with Crippen LogP contribution in [0.25, 0.3) is 0 Å². The number of halogens is 2. The number of fused-ring (bicyclic) bond motifs is 1. The molecule has 19 heavy (non-hydrogen) atoms. The molecule has 2 aromatic rings. The van der Waals surface area contributed by atoms with E-state index in [2.05, 4.69) is 12.1 Å². The number of Topliss-reactive ketones (excluding diaryl/α,β-unsaturated/α-hetero) is 1. The summed E-state index contributed by atoms with van der Waals surface area (Å²) in [5.41, 5.74) is 2.94. The van der Waals surface area contributed by atoms with Gasteiger partial charge in [-0.15, -0.1) is 0 Å². The molecule has 0 bridgehead atoms. The van der Waals surface area contributed by atoms with Gasteiger partial charge in [0.15, 0.2) is 5.78 Å². The molecular formula is C16H12ClFO. The van der Waals surface area contributed by atoms with E-state index >= 15 is 0 Å². The standard InChI is InChI=1S/C16H12ClFO/c17-14-6-5-11(8-15(14)18)16(19)9-12-7-10-3-1-2-4-13(10)12/h1-6,8,12H,7,9H2. The van der Waals surface area contributed by atoms with Crippen molar-refractivity contribution in [3.05, 3.63) is 70.0 Å². The summed E-state index contributed by atoms with van der Waals surface area (Å²) >= 11 is 5.61. The van der Waals surface area contributed by atoms with Gasteiger partial charge < -0.3 is 0 Å². The molecule has 0 aromatic heterocycles. The Balaban J connectivity index is 1.75. The Labute approximate surface area is 116 Å². The van der Waals surface area contributed by atoms with Crippen LogP contribution in [0.1, 0.15) is 33.8 Å². The van der Waals surface area contributed by atoms with E-state index in [0.717, 1.165) is 6.42 Å². The lowest BCUT2D eigenvalue weighted by Crippen LogP contribution is -2.20. The van der Waals surface area contributed by atoms with Crippen molar-refractivity contribution in [3.63, 3.8) is 0 Å². The van der Waals surface area contributed by atoms with Gasteiger partial charge >= 0.3 is 0 Å². The average molecular weight is 275 g/mol. The number of hydrogen-bond acceptors (Lipinski definition) is 1. The summed E-state index contributed by atoms with van der Waals surface area (Å²) in [6.07, 6.45) is 1.36. The third-order valence-corrected chi connectivity index (χ3v) is 3.94. The second kappa shape index (κ2) is 4.78. The van der Waals surface area contributed by atoms with E-state index in [1.165, 1.54) is 23.3 Å². The Morgan fingerprint density at radius 3 is 2.79 bits per heavy atom. The molecule has 3 heteroatoms. The molecule has 1 aliphatic rings. The van der Waals surface area contributed by atoms with E-state index in [1.807, 2.05) is 12.1 Å². The van der Waals surface area contributed by atoms with Gasteiger partial charge in [-0.25, -0.2) is 4.39 Å². The molecule has 0 N–H and O–H groups in total. The van der Waals surface area contributed by atoms with Gasteiger partial charge in [-0.2, -0.15) is 0 Å². The second-order valence-corrected chi connectivity index (χ2v) is 5.26. The fourth-order valence-corrected chi connectivity index (χ4v) is 2.67. The van der Waals surface area contributed by atoms with Crippen LogP contribution >= 0.6 is 11.6 Å². The minimum absolute atomic E-state index is 0.0323. The number of rotatable bonds is 3. The molecule has 3 rings (SSSR count). The number of carbonyl (C=O) groups excluding carboxylic acids is 1. The Morgan fingerprint density at radius 1 is 1.26 bits per heavy atom. The van der Waals surface area contributed by atoms with Crippen LogP contribution in [0.15, 0.2) is 42.5 Å². The lowest BCUT2D eigenvalue weighted by atomic mass is 9.74. The van der Waals surface area contributed by atoms with E-state index in [4.69, 9.17) is 11.6 Å². The molecule has 0 radical (unpaired) electrons. The van der Waals surface area contributed by atoms with E-state index < -0.39 is 5.82 Å². The van der Waals surface area contributed by atoms with E-state index in [1.54, 1.807) is 6.07 Å². The highest BCUT2D eigenvalue weighted by Crippen LogP contribution is 2.38. The zero-order chi connectivity index (χ0) is 13.4. The van der Waals surface area contributed by atoms with Crippen molar-refractivity contribution in [2.24, 2.45) is 0 Å². The van der Waals surface area contributed by atoms with Gasteiger partial charge in [0.05, 0.1) is 5.02 Å². The number of carbonyl (C=O) groups is 1. The molecule has 0 heterocycles. The molecule has 0 spiro atoms. The highest BCUT2D eigenvalue weighted by atomic mass is 35.5. The van der Waals surface area contributed by atoms with Gasteiger partial charge in [-0.3, -0.25) is 4.79 Å². The van der Waals surface area contributed by atoms with Crippen molar-refractivity contribution in [1.29, 1.82) is 0 Å². The van der Waals surface area contributed by atoms with Crippen LogP contribution < -0.4 is 0 Å². The molecule has 1 aliphatic carbocycles. The molecule has 1 atom stereocenters. The van der Waals surface area contributed by atoms with E-state index in [9.17, 15) is 9.18 Å². The highest BCUT2D eigenvalue weighted by molar-refractivity contribution is 6.30. The molecule has 0 amide bonds. The molecule has 0 aliphatic heterocycles. The maximum atomic E-state index is 13.3. The predicted octanol–water partition coefficient (Wildman–Crippen LogP) is 4.39. The predicted molar refractivity (Wildman–Crippen MR) is 73.2 cm³/mol. The first-order valence-corrected chi connectivity index (χ1v) is 6.59. The Kier molecular flexibility index (Phi) is 3.11. The SMILES string of the molecule is O=C(CC1Cc2ccccc21)c1ccc(Cl)c(F)c1. The summed E-state index contributed by atoms with van der Waals surface area (Å²) in [5, 5.41) is 0.0468. The fourth-order valence-electron chi connectivity index (χ4n) is 2.56. The number of ketones is 1. The lowest BCUT2D eigenvalue weighted by Gasteiger charge is -2.29. The molecule has 0 fully saturated rings. The van der Waals surface area contributed by atoms with Crippen LogP contribution in [-0.2, 0) is 6.42 Å². The van der Waals surface area contributed by atoms with E-state index in [-0.39, 0.29) is 16.7 Å². The maximum Gasteiger partial charge on any atom is 0.163 e. The van der Waals surface area contributed by atoms with Gasteiger partial charge in [-0.05, 0) is 41.7 Å². The summed E-state index contributed by atoms with van der Waals surface area (Å²) in [5.74, 6) is -0.306. The molecule has 1 unspecified atom stereocenters. The van der Waals surface area contributed by atoms with Crippen molar-refractivity contribution < 1.29 is 9.18 Å². The minimum Gasteiger partial charge on any atom is -0.294 e. The fraction of sp³-hybridized carbons (Fsp3) is 0.188. The number of benzene rings is 2. The summed E-state index contributed by atoms with van der Waals surface area (Å²) in [6.45, 7) is 0. The van der Waals surface area contributed by atoms with Crippen molar-refractivity contribution in [2.75, 3.05) is 0 Å². The Bertz CT molecular complexity index is 651. The molecule has 0 saturated heterocycles. The highest BCUT2D eigenvalue weighted by Gasteiger charge is 2.27. The normalized spacial score (nSPS) is 16.6. The average Bonchev–Trinajstić information content (AvgIpc) is 2.39. The van der Waals surface area contributed by atoms with Gasteiger partial charge in [0.2, 0.25) is 0 Å². The maximum absolute atomic E-state index is 13.3. The molecule has 2 aromatic carbocycles. The molecule has 96 valence electrons. The summed E-state index contributed by atoms with van der Waals surface area (Å²) < 4.78 is 13.3. The van der Waals surface area contributed by atoms with Crippen LogP contribution in [0.4, 0.5) is 4.39 Å². The molecular weight excluding hydrogens is 263 g/mol. The largest absolute Gasteiger partial charge is 0.294 e. The number of hydrogen-bond donors (Lipinski definition) is 0. The zero-order valence-electron chi connectivity index (χ0n) is 10.2. The first-order chi connectivity index (χ1) is 9.15. The Morgan fingerprint density at radius 2 is 2.05 bits per heavy atom. The molecule has 1 nitrogen and oxygen atoms in total. The van der Waals surface area contributed by atoms with Crippen LogP contribution in [0.2, 0.25) is 5.02 Å². The minimum atomic E-state index is -0.540. The van der Waals surface area contributed by atoms with Gasteiger partial charge in [0.25, 0.3) is 0 Å². The molecule has 0 saturated carbocycles. The quantitative estimate of drug-likeness (QED) is 0.759. The zero-order valence-corrected chi connectivity index (χ0v) is 11.0. The van der Waals surface area contributed by atoms with Gasteiger partial charge in [-0.1, -0.05) is 35.9 Å². The van der Waals surface area contributed by atoms with Crippen molar-refractivity contribution >= 4 is 17.4 Å². The monoisotopic (exact) mass is 274 g/mol. The van der Waals surface area contributed by atoms with Crippen LogP contribution in [0.3, 0.4) is 0 Å². The van der Waals surface area contributed by atoms with Gasteiger partial charge in [0, 0.05) is 12.0 Å². The van der Waals surface area contributed by atoms with Crippen LogP contribution in [0.5, 0.6) is 0 Å². The summed E-state index contributed by atoms with van der Waals surface area (Å²) in [4.78, 5) is 12.1. The smallest absolute Gasteiger partial charge is 0.163 e. The summed E-state index contributed by atoms with van der Waals surface area (Å²) in [6, 6.07) is 12.4. The first kappa shape index (κ1) is 12.4.